The standard InChI is InChI=1S/C16H20FN3O/c1-2-19-15(11-7-3-4-8-11)14(18)16(21)20(19)13-10-6-5-9-12(13)17/h5-6,9-11H,2-4,7-8,18H2,1H3. The van der Waals surface area contributed by atoms with Gasteiger partial charge in [-0.15, -0.1) is 0 Å². The van der Waals surface area contributed by atoms with Gasteiger partial charge in [-0.25, -0.2) is 9.07 Å². The van der Waals surface area contributed by atoms with E-state index < -0.39 is 5.82 Å². The number of para-hydroxylation sites is 1. The third-order valence-electron chi connectivity index (χ3n) is 4.34. The molecule has 0 aliphatic heterocycles. The Hall–Kier alpha value is -2.04. The van der Waals surface area contributed by atoms with Gasteiger partial charge in [-0.1, -0.05) is 25.0 Å². The van der Waals surface area contributed by atoms with Crippen LogP contribution in [0.4, 0.5) is 10.1 Å². The average molecular weight is 289 g/mol. The van der Waals surface area contributed by atoms with Gasteiger partial charge in [-0.2, -0.15) is 0 Å². The highest BCUT2D eigenvalue weighted by Crippen LogP contribution is 2.36. The van der Waals surface area contributed by atoms with Crippen LogP contribution in [0.25, 0.3) is 5.69 Å². The van der Waals surface area contributed by atoms with Crippen molar-refractivity contribution in [2.45, 2.75) is 45.1 Å². The largest absolute Gasteiger partial charge is 0.393 e. The SMILES string of the molecule is CCn1c(C2CCCC2)c(N)c(=O)n1-c1ccccc1F. The highest BCUT2D eigenvalue weighted by molar-refractivity contribution is 5.47. The number of halogens is 1. The summed E-state index contributed by atoms with van der Waals surface area (Å²) in [4.78, 5) is 12.5. The minimum absolute atomic E-state index is 0.264. The molecule has 1 aromatic heterocycles. The molecule has 4 nitrogen and oxygen atoms in total. The molecule has 1 saturated carbocycles. The average Bonchev–Trinajstić information content (AvgIpc) is 3.08. The molecular weight excluding hydrogens is 269 g/mol. The molecule has 1 heterocycles. The van der Waals surface area contributed by atoms with Gasteiger partial charge in [0.15, 0.2) is 0 Å². The molecule has 5 heteroatoms. The first-order valence-corrected chi connectivity index (χ1v) is 7.51. The van der Waals surface area contributed by atoms with Crippen molar-refractivity contribution in [2.24, 2.45) is 0 Å². The monoisotopic (exact) mass is 289 g/mol. The van der Waals surface area contributed by atoms with Crippen LogP contribution in [0.1, 0.15) is 44.2 Å². The minimum atomic E-state index is -0.412. The Morgan fingerprint density at radius 2 is 1.95 bits per heavy atom. The molecule has 0 unspecified atom stereocenters. The van der Waals surface area contributed by atoms with Crippen LogP contribution in [-0.4, -0.2) is 9.36 Å². The zero-order valence-corrected chi connectivity index (χ0v) is 12.2. The number of benzene rings is 1. The number of nitrogens with zero attached hydrogens (tertiary/aromatic N) is 2. The highest BCUT2D eigenvalue weighted by atomic mass is 19.1. The van der Waals surface area contributed by atoms with Crippen LogP contribution in [0, 0.1) is 5.82 Å². The fourth-order valence-electron chi connectivity index (χ4n) is 3.38. The van der Waals surface area contributed by atoms with Gasteiger partial charge in [-0.3, -0.25) is 9.48 Å². The maximum absolute atomic E-state index is 14.1. The molecule has 0 spiro atoms. The van der Waals surface area contributed by atoms with E-state index in [4.69, 9.17) is 5.73 Å². The lowest BCUT2D eigenvalue weighted by atomic mass is 10.0. The van der Waals surface area contributed by atoms with Gasteiger partial charge >= 0.3 is 0 Å². The zero-order chi connectivity index (χ0) is 15.0. The van der Waals surface area contributed by atoms with Crippen molar-refractivity contribution in [2.75, 3.05) is 5.73 Å². The van der Waals surface area contributed by atoms with Crippen molar-refractivity contribution >= 4 is 5.69 Å². The van der Waals surface area contributed by atoms with Gasteiger partial charge in [-0.05, 0) is 31.9 Å². The van der Waals surface area contributed by atoms with Crippen LogP contribution >= 0.6 is 0 Å². The van der Waals surface area contributed by atoms with E-state index in [1.54, 1.807) is 18.2 Å². The van der Waals surface area contributed by atoms with Gasteiger partial charge in [0, 0.05) is 12.5 Å². The lowest BCUT2D eigenvalue weighted by molar-refractivity contribution is 0.502. The second-order valence-corrected chi connectivity index (χ2v) is 5.56. The number of nitrogens with two attached hydrogens (primary N) is 1. The lowest BCUT2D eigenvalue weighted by Crippen LogP contribution is -2.23. The minimum Gasteiger partial charge on any atom is -0.393 e. The van der Waals surface area contributed by atoms with Crippen LogP contribution in [-0.2, 0) is 6.54 Å². The molecule has 1 aliphatic carbocycles. The van der Waals surface area contributed by atoms with Crippen LogP contribution in [0.3, 0.4) is 0 Å². The number of hydrogen-bond donors (Lipinski definition) is 1. The summed E-state index contributed by atoms with van der Waals surface area (Å²) < 4.78 is 17.3. The first-order valence-electron chi connectivity index (χ1n) is 7.51. The summed E-state index contributed by atoms with van der Waals surface area (Å²) in [6.45, 7) is 2.54. The number of aromatic nitrogens is 2. The Labute approximate surface area is 123 Å². The Kier molecular flexibility index (Phi) is 3.57. The molecular formula is C16H20FN3O. The third-order valence-corrected chi connectivity index (χ3v) is 4.34. The van der Waals surface area contributed by atoms with Crippen molar-refractivity contribution in [3.05, 3.63) is 46.1 Å². The Bertz CT molecular complexity index is 711. The molecule has 1 fully saturated rings. The molecule has 112 valence electrons. The molecule has 1 aliphatic rings. The molecule has 2 aromatic rings. The van der Waals surface area contributed by atoms with Crippen molar-refractivity contribution in [1.29, 1.82) is 0 Å². The van der Waals surface area contributed by atoms with Gasteiger partial charge < -0.3 is 5.73 Å². The smallest absolute Gasteiger partial charge is 0.294 e. The van der Waals surface area contributed by atoms with E-state index in [-0.39, 0.29) is 16.9 Å². The molecule has 0 saturated heterocycles. The quantitative estimate of drug-likeness (QED) is 0.944. The predicted molar refractivity (Wildman–Crippen MR) is 81.3 cm³/mol. The highest BCUT2D eigenvalue weighted by Gasteiger charge is 2.27. The van der Waals surface area contributed by atoms with Crippen LogP contribution in [0.15, 0.2) is 29.1 Å². The van der Waals surface area contributed by atoms with E-state index in [2.05, 4.69) is 0 Å². The summed E-state index contributed by atoms with van der Waals surface area (Å²) in [7, 11) is 0. The second-order valence-electron chi connectivity index (χ2n) is 5.56. The summed E-state index contributed by atoms with van der Waals surface area (Å²) in [5.74, 6) is -0.101. The van der Waals surface area contributed by atoms with Crippen LogP contribution in [0.2, 0.25) is 0 Å². The molecule has 0 radical (unpaired) electrons. The first-order chi connectivity index (χ1) is 10.1. The molecule has 3 rings (SSSR count). The van der Waals surface area contributed by atoms with E-state index in [0.29, 0.717) is 12.5 Å². The Morgan fingerprint density at radius 3 is 2.57 bits per heavy atom. The summed E-state index contributed by atoms with van der Waals surface area (Å²) in [6.07, 6.45) is 4.41. The van der Waals surface area contributed by atoms with Crippen molar-refractivity contribution in [3.8, 4) is 5.69 Å². The van der Waals surface area contributed by atoms with Crippen LogP contribution < -0.4 is 11.3 Å². The number of anilines is 1. The van der Waals surface area contributed by atoms with E-state index in [1.165, 1.54) is 10.7 Å². The Morgan fingerprint density at radius 1 is 1.29 bits per heavy atom. The summed E-state index contributed by atoms with van der Waals surface area (Å²) in [5.41, 5.74) is 7.17. The molecule has 0 bridgehead atoms. The van der Waals surface area contributed by atoms with Crippen molar-refractivity contribution < 1.29 is 4.39 Å². The zero-order valence-electron chi connectivity index (χ0n) is 12.2. The van der Waals surface area contributed by atoms with Gasteiger partial charge in [0.1, 0.15) is 17.2 Å². The van der Waals surface area contributed by atoms with E-state index in [9.17, 15) is 9.18 Å². The fraction of sp³-hybridized carbons (Fsp3) is 0.438. The predicted octanol–water partition coefficient (Wildman–Crippen LogP) is 3.04. The normalized spacial score (nSPS) is 15.7. The second kappa shape index (κ2) is 5.39. The van der Waals surface area contributed by atoms with Gasteiger partial charge in [0.25, 0.3) is 5.56 Å². The number of hydrogen-bond acceptors (Lipinski definition) is 2. The summed E-state index contributed by atoms with van der Waals surface area (Å²) >= 11 is 0. The molecule has 2 N–H and O–H groups in total. The third kappa shape index (κ3) is 2.17. The topological polar surface area (TPSA) is 52.9 Å². The summed E-state index contributed by atoms with van der Waals surface area (Å²) in [6, 6.07) is 6.31. The van der Waals surface area contributed by atoms with Crippen molar-refractivity contribution in [1.82, 2.24) is 9.36 Å². The lowest BCUT2D eigenvalue weighted by Gasteiger charge is -2.17. The first kappa shape index (κ1) is 13.9. The Balaban J connectivity index is 2.24. The maximum atomic E-state index is 14.1. The number of nitrogen functional groups attached to an aromatic ring is 1. The summed E-state index contributed by atoms with van der Waals surface area (Å²) in [5, 5.41) is 0. The van der Waals surface area contributed by atoms with E-state index in [0.717, 1.165) is 31.4 Å². The fourth-order valence-corrected chi connectivity index (χ4v) is 3.38. The molecule has 1 aromatic carbocycles. The van der Waals surface area contributed by atoms with E-state index in [1.807, 2.05) is 11.6 Å². The molecule has 0 amide bonds. The maximum Gasteiger partial charge on any atom is 0.294 e. The number of rotatable bonds is 3. The van der Waals surface area contributed by atoms with Crippen molar-refractivity contribution in [3.63, 3.8) is 0 Å². The van der Waals surface area contributed by atoms with Gasteiger partial charge in [0.2, 0.25) is 0 Å². The molecule has 0 atom stereocenters. The van der Waals surface area contributed by atoms with E-state index >= 15 is 0 Å². The van der Waals surface area contributed by atoms with Crippen LogP contribution in [0.5, 0.6) is 0 Å². The van der Waals surface area contributed by atoms with Gasteiger partial charge in [0.05, 0.1) is 5.69 Å². The molecule has 21 heavy (non-hydrogen) atoms.